The van der Waals surface area contributed by atoms with Crippen LogP contribution in [0.15, 0.2) is 0 Å². The minimum atomic E-state index is -0.549. The Morgan fingerprint density at radius 2 is 1.54 bits per heavy atom. The van der Waals surface area contributed by atoms with E-state index in [0.29, 0.717) is 29.1 Å². The average Bonchev–Trinajstić information content (AvgIpc) is 2.86. The first-order valence-corrected chi connectivity index (χ1v) is 11.2. The molecule has 0 saturated heterocycles. The average molecular weight is 393 g/mol. The number of rotatable bonds is 2. The van der Waals surface area contributed by atoms with Crippen LogP contribution in [0.3, 0.4) is 0 Å². The fourth-order valence-electron chi connectivity index (χ4n) is 7.85. The highest BCUT2D eigenvalue weighted by molar-refractivity contribution is 5.66. The predicted molar refractivity (Wildman–Crippen MR) is 104 cm³/mol. The maximum atomic E-state index is 11.5. The molecule has 0 radical (unpaired) electrons. The molecule has 4 aliphatic carbocycles. The van der Waals surface area contributed by atoms with Crippen LogP contribution in [-0.4, -0.2) is 35.4 Å². The van der Waals surface area contributed by atoms with Gasteiger partial charge in [0.05, 0.1) is 6.10 Å². The van der Waals surface area contributed by atoms with E-state index in [-0.39, 0.29) is 29.6 Å². The Morgan fingerprint density at radius 1 is 0.857 bits per heavy atom. The minimum absolute atomic E-state index is 0.0858. The van der Waals surface area contributed by atoms with E-state index < -0.39 is 6.10 Å². The van der Waals surface area contributed by atoms with E-state index >= 15 is 0 Å². The van der Waals surface area contributed by atoms with E-state index in [1.165, 1.54) is 26.7 Å². The van der Waals surface area contributed by atoms with Crippen LogP contribution in [0.5, 0.6) is 0 Å². The van der Waals surface area contributed by atoms with E-state index in [0.717, 1.165) is 38.5 Å². The summed E-state index contributed by atoms with van der Waals surface area (Å²) in [6.45, 7) is 7.63. The van der Waals surface area contributed by atoms with Crippen molar-refractivity contribution in [1.82, 2.24) is 0 Å². The molecule has 158 valence electrons. The first-order valence-electron chi connectivity index (χ1n) is 11.2. The molecule has 0 bridgehead atoms. The van der Waals surface area contributed by atoms with Crippen LogP contribution in [0.1, 0.15) is 79.1 Å². The Bertz CT molecular complexity index is 647. The van der Waals surface area contributed by atoms with Crippen molar-refractivity contribution in [1.29, 1.82) is 0 Å². The fourth-order valence-corrected chi connectivity index (χ4v) is 7.85. The molecule has 0 aromatic carbocycles. The summed E-state index contributed by atoms with van der Waals surface area (Å²) in [5.41, 5.74) is 0.158. The quantitative estimate of drug-likeness (QED) is 0.723. The predicted octanol–water partition coefficient (Wildman–Crippen LogP) is 3.86. The molecule has 9 atom stereocenters. The number of ether oxygens (including phenoxy) is 2. The van der Waals surface area contributed by atoms with Crippen LogP contribution >= 0.6 is 0 Å². The number of esters is 2. The summed E-state index contributed by atoms with van der Waals surface area (Å²) in [5.74, 6) is 1.85. The number of fused-ring (bicyclic) bond motifs is 5. The number of carbonyl (C=O) groups is 2. The molecule has 28 heavy (non-hydrogen) atoms. The molecule has 0 heterocycles. The number of hydrogen-bond donors (Lipinski definition) is 1. The van der Waals surface area contributed by atoms with Crippen molar-refractivity contribution in [3.05, 3.63) is 0 Å². The fraction of sp³-hybridized carbons (Fsp3) is 0.913. The molecule has 4 fully saturated rings. The molecular weight excluding hydrogens is 356 g/mol. The van der Waals surface area contributed by atoms with E-state index in [1.807, 2.05) is 0 Å². The Morgan fingerprint density at radius 3 is 2.21 bits per heavy atom. The van der Waals surface area contributed by atoms with E-state index in [2.05, 4.69) is 13.8 Å². The molecule has 0 spiro atoms. The Labute approximate surface area is 168 Å². The summed E-state index contributed by atoms with van der Waals surface area (Å²) in [5, 5.41) is 11.0. The number of hydrogen-bond acceptors (Lipinski definition) is 5. The molecular formula is C23H36O5. The van der Waals surface area contributed by atoms with E-state index in [1.54, 1.807) is 0 Å². The van der Waals surface area contributed by atoms with Gasteiger partial charge in [-0.3, -0.25) is 9.59 Å². The van der Waals surface area contributed by atoms with Crippen LogP contribution in [0, 0.1) is 34.5 Å². The lowest BCUT2D eigenvalue weighted by atomic mass is 9.45. The van der Waals surface area contributed by atoms with Gasteiger partial charge in [-0.25, -0.2) is 0 Å². The summed E-state index contributed by atoms with van der Waals surface area (Å²) in [7, 11) is 0. The highest BCUT2D eigenvalue weighted by atomic mass is 16.6. The highest BCUT2D eigenvalue weighted by Crippen LogP contribution is 2.66. The second-order valence-electron chi connectivity index (χ2n) is 10.5. The van der Waals surface area contributed by atoms with Crippen LogP contribution in [0.4, 0.5) is 0 Å². The summed E-state index contributed by atoms with van der Waals surface area (Å²) in [4.78, 5) is 22.9. The molecule has 0 aromatic rings. The van der Waals surface area contributed by atoms with Crippen molar-refractivity contribution in [3.63, 3.8) is 0 Å². The zero-order valence-electron chi connectivity index (χ0n) is 17.8. The van der Waals surface area contributed by atoms with Crippen molar-refractivity contribution in [2.75, 3.05) is 0 Å². The molecule has 1 N–H and O–H groups in total. The zero-order chi connectivity index (χ0) is 20.3. The van der Waals surface area contributed by atoms with Crippen molar-refractivity contribution in [2.45, 2.75) is 97.4 Å². The van der Waals surface area contributed by atoms with Crippen molar-refractivity contribution >= 4 is 11.9 Å². The largest absolute Gasteiger partial charge is 0.463 e. The van der Waals surface area contributed by atoms with Gasteiger partial charge in [-0.05, 0) is 80.5 Å². The molecule has 4 saturated carbocycles. The molecule has 5 heteroatoms. The van der Waals surface area contributed by atoms with Crippen LogP contribution in [0.2, 0.25) is 0 Å². The molecule has 5 nitrogen and oxygen atoms in total. The second kappa shape index (κ2) is 7.00. The third kappa shape index (κ3) is 3.09. The lowest BCUT2D eigenvalue weighted by molar-refractivity contribution is -0.163. The number of carbonyl (C=O) groups excluding carboxylic acids is 2. The van der Waals surface area contributed by atoms with Gasteiger partial charge in [0.15, 0.2) is 0 Å². The lowest BCUT2D eigenvalue weighted by Gasteiger charge is -2.60. The van der Waals surface area contributed by atoms with Crippen molar-refractivity contribution in [2.24, 2.45) is 34.5 Å². The van der Waals surface area contributed by atoms with Crippen molar-refractivity contribution in [3.8, 4) is 0 Å². The summed E-state index contributed by atoms with van der Waals surface area (Å²) in [6.07, 6.45) is 7.59. The van der Waals surface area contributed by atoms with Gasteiger partial charge in [-0.1, -0.05) is 13.8 Å². The molecule has 0 amide bonds. The maximum absolute atomic E-state index is 11.5. The van der Waals surface area contributed by atoms with Gasteiger partial charge >= 0.3 is 11.9 Å². The maximum Gasteiger partial charge on any atom is 0.302 e. The van der Waals surface area contributed by atoms with E-state index in [9.17, 15) is 14.7 Å². The minimum Gasteiger partial charge on any atom is -0.463 e. The smallest absolute Gasteiger partial charge is 0.302 e. The lowest BCUT2D eigenvalue weighted by Crippen LogP contribution is -2.54. The van der Waals surface area contributed by atoms with Gasteiger partial charge in [-0.15, -0.1) is 0 Å². The standard InChI is InChI=1S/C23H36O5/c1-13(24)27-16-7-9-22(3)15(11-16)5-6-17-18(22)8-10-23(4)19(17)12-20(21(23)26)28-14(2)25/h15-21,26H,5-12H2,1-4H3. The first kappa shape index (κ1) is 20.2. The number of aliphatic hydroxyl groups excluding tert-OH is 1. The monoisotopic (exact) mass is 392 g/mol. The summed E-state index contributed by atoms with van der Waals surface area (Å²) >= 11 is 0. The molecule has 9 unspecified atom stereocenters. The third-order valence-corrected chi connectivity index (χ3v) is 9.22. The third-order valence-electron chi connectivity index (χ3n) is 9.22. The van der Waals surface area contributed by atoms with Gasteiger partial charge in [0, 0.05) is 19.3 Å². The zero-order valence-corrected chi connectivity index (χ0v) is 17.8. The Hall–Kier alpha value is -1.10. The number of aliphatic hydroxyl groups is 1. The second-order valence-corrected chi connectivity index (χ2v) is 10.5. The Balaban J connectivity index is 1.53. The van der Waals surface area contributed by atoms with Crippen LogP contribution < -0.4 is 0 Å². The van der Waals surface area contributed by atoms with Gasteiger partial charge in [-0.2, -0.15) is 0 Å². The van der Waals surface area contributed by atoms with E-state index in [4.69, 9.17) is 9.47 Å². The van der Waals surface area contributed by atoms with Gasteiger partial charge < -0.3 is 14.6 Å². The van der Waals surface area contributed by atoms with Gasteiger partial charge in [0.1, 0.15) is 12.2 Å². The van der Waals surface area contributed by atoms with Gasteiger partial charge in [0.2, 0.25) is 0 Å². The normalized spacial score (nSPS) is 50.1. The summed E-state index contributed by atoms with van der Waals surface area (Å²) < 4.78 is 11.1. The molecule has 4 aliphatic rings. The summed E-state index contributed by atoms with van der Waals surface area (Å²) in [6, 6.07) is 0. The molecule has 4 rings (SSSR count). The molecule has 0 aromatic heterocycles. The first-order chi connectivity index (χ1) is 13.1. The topological polar surface area (TPSA) is 72.8 Å². The van der Waals surface area contributed by atoms with Crippen LogP contribution in [0.25, 0.3) is 0 Å². The highest BCUT2D eigenvalue weighted by Gasteiger charge is 2.63. The van der Waals surface area contributed by atoms with Crippen LogP contribution in [-0.2, 0) is 19.1 Å². The van der Waals surface area contributed by atoms with Gasteiger partial charge in [0.25, 0.3) is 0 Å². The molecule has 0 aliphatic heterocycles. The SMILES string of the molecule is CC(=O)OC1CCC2(C)C(CCC3C2CCC2(C)C(O)C(OC(C)=O)CC32)C1. The van der Waals surface area contributed by atoms with Crippen molar-refractivity contribution < 1.29 is 24.2 Å². The Kier molecular flexibility index (Phi) is 5.05.